The standard InChI is InChI=1S/C18H22N4O/c1-21(11-12-23)15-9-7-14(8-10-15)19-13-18-20-16-5-3-4-6-17(16)22(18)2/h3-10,19,23H,11-13H2,1-2H3. The van der Waals surface area contributed by atoms with E-state index in [1.807, 2.05) is 61.5 Å². The van der Waals surface area contributed by atoms with E-state index in [0.717, 1.165) is 28.2 Å². The Bertz CT molecular complexity index is 779. The van der Waals surface area contributed by atoms with Crippen LogP contribution in [0.2, 0.25) is 0 Å². The highest BCUT2D eigenvalue weighted by atomic mass is 16.3. The SMILES string of the molecule is CN(CCO)c1ccc(NCc2nc3ccccc3n2C)cc1. The van der Waals surface area contributed by atoms with Gasteiger partial charge in [-0.25, -0.2) is 4.98 Å². The van der Waals surface area contributed by atoms with E-state index in [2.05, 4.69) is 20.9 Å². The van der Waals surface area contributed by atoms with E-state index in [0.29, 0.717) is 13.1 Å². The summed E-state index contributed by atoms with van der Waals surface area (Å²) in [5.74, 6) is 1.01. The van der Waals surface area contributed by atoms with Crippen molar-refractivity contribution in [2.75, 3.05) is 30.4 Å². The number of hydrogen-bond acceptors (Lipinski definition) is 4. The Hall–Kier alpha value is -2.53. The smallest absolute Gasteiger partial charge is 0.128 e. The Kier molecular flexibility index (Phi) is 4.48. The fourth-order valence-electron chi connectivity index (χ4n) is 2.65. The maximum Gasteiger partial charge on any atom is 0.128 e. The van der Waals surface area contributed by atoms with E-state index in [-0.39, 0.29) is 6.61 Å². The molecule has 0 atom stereocenters. The number of aromatic nitrogens is 2. The summed E-state index contributed by atoms with van der Waals surface area (Å²) < 4.78 is 2.12. The highest BCUT2D eigenvalue weighted by Crippen LogP contribution is 2.18. The molecule has 0 amide bonds. The van der Waals surface area contributed by atoms with E-state index in [4.69, 9.17) is 5.11 Å². The van der Waals surface area contributed by atoms with E-state index < -0.39 is 0 Å². The number of nitrogens with zero attached hydrogens (tertiary/aromatic N) is 3. The van der Waals surface area contributed by atoms with Crippen molar-refractivity contribution >= 4 is 22.4 Å². The molecule has 0 bridgehead atoms. The summed E-state index contributed by atoms with van der Waals surface area (Å²) in [6, 6.07) is 16.3. The van der Waals surface area contributed by atoms with Gasteiger partial charge in [-0.3, -0.25) is 0 Å². The zero-order chi connectivity index (χ0) is 16.2. The summed E-state index contributed by atoms with van der Waals surface area (Å²) in [4.78, 5) is 6.68. The first-order valence-electron chi connectivity index (χ1n) is 7.75. The van der Waals surface area contributed by atoms with E-state index in [9.17, 15) is 0 Å². The van der Waals surface area contributed by atoms with Crippen molar-refractivity contribution in [1.82, 2.24) is 9.55 Å². The number of aliphatic hydroxyl groups is 1. The molecule has 0 radical (unpaired) electrons. The maximum atomic E-state index is 8.99. The summed E-state index contributed by atoms with van der Waals surface area (Å²) in [5, 5.41) is 12.4. The average molecular weight is 310 g/mol. The summed E-state index contributed by atoms with van der Waals surface area (Å²) in [6.07, 6.45) is 0. The van der Waals surface area contributed by atoms with Crippen molar-refractivity contribution in [1.29, 1.82) is 0 Å². The minimum atomic E-state index is 0.156. The lowest BCUT2D eigenvalue weighted by atomic mass is 10.2. The van der Waals surface area contributed by atoms with Crippen LogP contribution in [0, 0.1) is 0 Å². The van der Waals surface area contributed by atoms with Gasteiger partial charge in [-0.15, -0.1) is 0 Å². The molecule has 120 valence electrons. The van der Waals surface area contributed by atoms with Crippen molar-refractivity contribution in [3.05, 3.63) is 54.4 Å². The van der Waals surface area contributed by atoms with E-state index in [1.54, 1.807) is 0 Å². The fourth-order valence-corrected chi connectivity index (χ4v) is 2.65. The van der Waals surface area contributed by atoms with Gasteiger partial charge in [-0.05, 0) is 36.4 Å². The average Bonchev–Trinajstić information content (AvgIpc) is 2.90. The van der Waals surface area contributed by atoms with Crippen molar-refractivity contribution in [3.63, 3.8) is 0 Å². The van der Waals surface area contributed by atoms with Gasteiger partial charge in [0.15, 0.2) is 0 Å². The molecule has 5 nitrogen and oxygen atoms in total. The summed E-state index contributed by atoms with van der Waals surface area (Å²) in [7, 11) is 4.01. The number of likely N-dealkylation sites (N-methyl/N-ethyl adjacent to an activating group) is 1. The number of rotatable bonds is 6. The quantitative estimate of drug-likeness (QED) is 0.735. The zero-order valence-electron chi connectivity index (χ0n) is 13.5. The number of aryl methyl sites for hydroxylation is 1. The Balaban J connectivity index is 1.69. The third-order valence-corrected chi connectivity index (χ3v) is 4.07. The first kappa shape index (κ1) is 15.4. The van der Waals surface area contributed by atoms with Gasteiger partial charge in [-0.2, -0.15) is 0 Å². The highest BCUT2D eigenvalue weighted by molar-refractivity contribution is 5.75. The van der Waals surface area contributed by atoms with Gasteiger partial charge in [0.1, 0.15) is 5.82 Å². The first-order valence-corrected chi connectivity index (χ1v) is 7.75. The number of fused-ring (bicyclic) bond motifs is 1. The topological polar surface area (TPSA) is 53.3 Å². The molecule has 0 saturated heterocycles. The van der Waals surface area contributed by atoms with Crippen LogP contribution in [0.15, 0.2) is 48.5 Å². The molecular weight excluding hydrogens is 288 g/mol. The molecule has 0 aliphatic rings. The van der Waals surface area contributed by atoms with Gasteiger partial charge >= 0.3 is 0 Å². The van der Waals surface area contributed by atoms with Crippen molar-refractivity contribution in [2.24, 2.45) is 7.05 Å². The second-order valence-electron chi connectivity index (χ2n) is 5.62. The number of aliphatic hydroxyl groups excluding tert-OH is 1. The van der Waals surface area contributed by atoms with Crippen molar-refractivity contribution < 1.29 is 5.11 Å². The predicted molar refractivity (Wildman–Crippen MR) is 94.8 cm³/mol. The Morgan fingerprint density at radius 2 is 1.87 bits per heavy atom. The highest BCUT2D eigenvalue weighted by Gasteiger charge is 2.06. The van der Waals surface area contributed by atoms with Crippen LogP contribution in [0.1, 0.15) is 5.82 Å². The molecule has 0 aliphatic carbocycles. The van der Waals surface area contributed by atoms with Gasteiger partial charge < -0.3 is 19.9 Å². The normalized spacial score (nSPS) is 10.9. The Morgan fingerprint density at radius 3 is 2.57 bits per heavy atom. The molecule has 3 aromatic rings. The molecule has 0 saturated carbocycles. The van der Waals surface area contributed by atoms with Gasteiger partial charge in [0.25, 0.3) is 0 Å². The lowest BCUT2D eigenvalue weighted by Crippen LogP contribution is -2.20. The van der Waals surface area contributed by atoms with Gasteiger partial charge in [-0.1, -0.05) is 12.1 Å². The van der Waals surface area contributed by atoms with Gasteiger partial charge in [0, 0.05) is 32.0 Å². The largest absolute Gasteiger partial charge is 0.395 e. The second kappa shape index (κ2) is 6.71. The lowest BCUT2D eigenvalue weighted by Gasteiger charge is -2.18. The summed E-state index contributed by atoms with van der Waals surface area (Å²) >= 11 is 0. The Labute approximate surface area is 136 Å². The van der Waals surface area contributed by atoms with Crippen molar-refractivity contribution in [3.8, 4) is 0 Å². The molecule has 2 N–H and O–H groups in total. The second-order valence-corrected chi connectivity index (χ2v) is 5.62. The number of hydrogen-bond donors (Lipinski definition) is 2. The minimum Gasteiger partial charge on any atom is -0.395 e. The molecule has 1 heterocycles. The van der Waals surface area contributed by atoms with Crippen molar-refractivity contribution in [2.45, 2.75) is 6.54 Å². The van der Waals surface area contributed by atoms with Crippen LogP contribution in [-0.2, 0) is 13.6 Å². The number of para-hydroxylation sites is 2. The number of nitrogens with one attached hydrogen (secondary N) is 1. The number of imidazole rings is 1. The summed E-state index contributed by atoms with van der Waals surface area (Å²) in [5.41, 5.74) is 4.31. The molecular formula is C18H22N4O. The van der Waals surface area contributed by atoms with Gasteiger partial charge in [0.2, 0.25) is 0 Å². The molecule has 0 unspecified atom stereocenters. The molecule has 0 spiro atoms. The van der Waals surface area contributed by atoms with Crippen LogP contribution >= 0.6 is 0 Å². The third kappa shape index (κ3) is 3.29. The first-order chi connectivity index (χ1) is 11.2. The molecule has 1 aromatic heterocycles. The third-order valence-electron chi connectivity index (χ3n) is 4.07. The molecule has 2 aromatic carbocycles. The number of anilines is 2. The maximum absolute atomic E-state index is 8.99. The van der Waals surface area contributed by atoms with Crippen LogP contribution in [-0.4, -0.2) is 34.9 Å². The van der Waals surface area contributed by atoms with Crippen LogP contribution in [0.4, 0.5) is 11.4 Å². The molecule has 0 fully saturated rings. The van der Waals surface area contributed by atoms with Crippen LogP contribution in [0.3, 0.4) is 0 Å². The van der Waals surface area contributed by atoms with Gasteiger partial charge in [0.05, 0.1) is 24.2 Å². The fraction of sp³-hybridized carbons (Fsp3) is 0.278. The molecule has 0 aliphatic heterocycles. The monoisotopic (exact) mass is 310 g/mol. The summed E-state index contributed by atoms with van der Waals surface area (Å²) in [6.45, 7) is 1.47. The minimum absolute atomic E-state index is 0.156. The van der Waals surface area contributed by atoms with Crippen LogP contribution in [0.25, 0.3) is 11.0 Å². The molecule has 5 heteroatoms. The van der Waals surface area contributed by atoms with E-state index in [1.165, 1.54) is 0 Å². The lowest BCUT2D eigenvalue weighted by molar-refractivity contribution is 0.304. The van der Waals surface area contributed by atoms with Crippen LogP contribution < -0.4 is 10.2 Å². The van der Waals surface area contributed by atoms with Crippen LogP contribution in [0.5, 0.6) is 0 Å². The number of benzene rings is 2. The molecule has 23 heavy (non-hydrogen) atoms. The predicted octanol–water partition coefficient (Wildman–Crippen LogP) is 2.61. The zero-order valence-corrected chi connectivity index (χ0v) is 13.5. The van der Waals surface area contributed by atoms with E-state index >= 15 is 0 Å². The molecule has 3 rings (SSSR count). The Morgan fingerprint density at radius 1 is 1.13 bits per heavy atom.